The fourth-order valence-electron chi connectivity index (χ4n) is 1.96. The largest absolute Gasteiger partial charge is 0.293 e. The smallest absolute Gasteiger partial charge is 0.247 e. The molecular weight excluding hydrogens is 256 g/mol. The van der Waals surface area contributed by atoms with Gasteiger partial charge in [-0.3, -0.25) is 10.2 Å². The number of fused-ring (bicyclic) bond motifs is 1. The van der Waals surface area contributed by atoms with Crippen LogP contribution >= 0.6 is 11.8 Å². The monoisotopic (exact) mass is 274 g/mol. The zero-order valence-corrected chi connectivity index (χ0v) is 11.9. The van der Waals surface area contributed by atoms with Crippen LogP contribution in [0.1, 0.15) is 13.8 Å². The van der Waals surface area contributed by atoms with Gasteiger partial charge in [0.05, 0.1) is 5.25 Å². The summed E-state index contributed by atoms with van der Waals surface area (Å²) in [7, 11) is 0. The van der Waals surface area contributed by atoms with E-state index in [0.717, 1.165) is 4.90 Å². The summed E-state index contributed by atoms with van der Waals surface area (Å²) in [6.07, 6.45) is 0. The number of hydrogen-bond acceptors (Lipinski definition) is 3. The zero-order chi connectivity index (χ0) is 13.8. The van der Waals surface area contributed by atoms with Crippen LogP contribution in [0.4, 0.5) is 0 Å². The van der Waals surface area contributed by atoms with E-state index < -0.39 is 0 Å². The van der Waals surface area contributed by atoms with Crippen molar-refractivity contribution in [2.45, 2.75) is 24.0 Å². The van der Waals surface area contributed by atoms with Gasteiger partial charge in [-0.1, -0.05) is 44.2 Å². The molecule has 1 amide bonds. The number of hydrazine groups is 1. The van der Waals surface area contributed by atoms with Crippen LogP contribution < -0.4 is 11.3 Å². The summed E-state index contributed by atoms with van der Waals surface area (Å²) in [4.78, 5) is 12.8. The van der Waals surface area contributed by atoms with E-state index in [1.54, 1.807) is 11.8 Å². The molecule has 3 N–H and O–H groups in total. The number of benzene rings is 2. The quantitative estimate of drug-likeness (QED) is 0.390. The maximum atomic E-state index is 11.8. The van der Waals surface area contributed by atoms with Crippen molar-refractivity contribution in [2.75, 3.05) is 0 Å². The molecule has 1 atom stereocenters. The topological polar surface area (TPSA) is 55.1 Å². The number of rotatable bonds is 4. The molecule has 0 spiro atoms. The fraction of sp³-hybridized carbons (Fsp3) is 0.267. The van der Waals surface area contributed by atoms with Gasteiger partial charge in [0.25, 0.3) is 0 Å². The highest BCUT2D eigenvalue weighted by atomic mass is 32.2. The van der Waals surface area contributed by atoms with Crippen LogP contribution in [0.25, 0.3) is 10.8 Å². The highest BCUT2D eigenvalue weighted by Crippen LogP contribution is 2.30. The van der Waals surface area contributed by atoms with Crippen LogP contribution in [-0.2, 0) is 4.79 Å². The number of nitrogens with one attached hydrogen (secondary N) is 1. The maximum Gasteiger partial charge on any atom is 0.247 e. The van der Waals surface area contributed by atoms with Gasteiger partial charge >= 0.3 is 0 Å². The average Bonchev–Trinajstić information content (AvgIpc) is 2.43. The fourth-order valence-corrected chi connectivity index (χ4v) is 3.04. The first-order valence-corrected chi connectivity index (χ1v) is 7.15. The minimum atomic E-state index is -0.175. The lowest BCUT2D eigenvalue weighted by Gasteiger charge is -2.18. The molecule has 2 aromatic carbocycles. The standard InChI is InChI=1S/C15H18N2OS/c1-10(2)14(15(18)17-16)19-13-8-7-11-5-3-4-6-12(11)9-13/h3-10,14H,16H2,1-2H3,(H,17,18). The molecule has 2 rings (SSSR count). The second kappa shape index (κ2) is 6.08. The second-order valence-corrected chi connectivity index (χ2v) is 6.01. The minimum absolute atomic E-state index is 0.131. The zero-order valence-electron chi connectivity index (χ0n) is 11.1. The number of thioether (sulfide) groups is 1. The van der Waals surface area contributed by atoms with E-state index in [0.29, 0.717) is 0 Å². The van der Waals surface area contributed by atoms with Crippen molar-refractivity contribution in [1.82, 2.24) is 5.43 Å². The van der Waals surface area contributed by atoms with Gasteiger partial charge in [-0.05, 0) is 28.8 Å². The Balaban J connectivity index is 2.26. The van der Waals surface area contributed by atoms with E-state index >= 15 is 0 Å². The third-order valence-corrected chi connectivity index (χ3v) is 4.53. The molecule has 3 nitrogen and oxygen atoms in total. The summed E-state index contributed by atoms with van der Waals surface area (Å²) in [6.45, 7) is 4.04. The Kier molecular flexibility index (Phi) is 4.45. The summed E-state index contributed by atoms with van der Waals surface area (Å²) in [6, 6.07) is 14.4. The molecule has 1 unspecified atom stereocenters. The molecule has 0 aliphatic heterocycles. The van der Waals surface area contributed by atoms with Gasteiger partial charge in [0.1, 0.15) is 0 Å². The van der Waals surface area contributed by atoms with Gasteiger partial charge in [0.2, 0.25) is 5.91 Å². The highest BCUT2D eigenvalue weighted by Gasteiger charge is 2.22. The number of hydrogen-bond donors (Lipinski definition) is 2. The van der Waals surface area contributed by atoms with Crippen molar-refractivity contribution < 1.29 is 4.79 Å². The molecule has 100 valence electrons. The van der Waals surface area contributed by atoms with Crippen molar-refractivity contribution in [3.05, 3.63) is 42.5 Å². The van der Waals surface area contributed by atoms with Gasteiger partial charge < -0.3 is 0 Å². The van der Waals surface area contributed by atoms with E-state index in [1.807, 2.05) is 32.0 Å². The number of nitrogens with two attached hydrogens (primary N) is 1. The van der Waals surface area contributed by atoms with E-state index in [9.17, 15) is 4.79 Å². The molecule has 0 bridgehead atoms. The lowest BCUT2D eigenvalue weighted by Crippen LogP contribution is -2.39. The van der Waals surface area contributed by atoms with Crippen molar-refractivity contribution >= 4 is 28.4 Å². The van der Waals surface area contributed by atoms with Crippen LogP contribution in [0.15, 0.2) is 47.4 Å². The summed E-state index contributed by atoms with van der Waals surface area (Å²) in [5.74, 6) is 5.33. The molecule has 0 saturated carbocycles. The summed E-state index contributed by atoms with van der Waals surface area (Å²) in [5.41, 5.74) is 2.24. The molecule has 4 heteroatoms. The normalized spacial score (nSPS) is 12.6. The Bertz CT molecular complexity index is 583. The maximum absolute atomic E-state index is 11.8. The molecule has 0 fully saturated rings. The number of carbonyl (C=O) groups is 1. The molecule has 0 saturated heterocycles. The van der Waals surface area contributed by atoms with E-state index in [1.165, 1.54) is 10.8 Å². The first kappa shape index (κ1) is 13.9. The summed E-state index contributed by atoms with van der Waals surface area (Å²) < 4.78 is 0. The third-order valence-electron chi connectivity index (χ3n) is 2.99. The predicted molar refractivity (Wildman–Crippen MR) is 80.8 cm³/mol. The third kappa shape index (κ3) is 3.28. The first-order chi connectivity index (χ1) is 9.11. The van der Waals surface area contributed by atoms with Crippen molar-refractivity contribution in [3.8, 4) is 0 Å². The lowest BCUT2D eigenvalue weighted by molar-refractivity contribution is -0.121. The van der Waals surface area contributed by atoms with E-state index in [-0.39, 0.29) is 17.1 Å². The lowest BCUT2D eigenvalue weighted by atomic mass is 10.1. The van der Waals surface area contributed by atoms with Crippen LogP contribution in [0.2, 0.25) is 0 Å². The summed E-state index contributed by atoms with van der Waals surface area (Å²) >= 11 is 1.55. The number of amides is 1. The van der Waals surface area contributed by atoms with Crippen LogP contribution in [0.5, 0.6) is 0 Å². The van der Waals surface area contributed by atoms with Crippen molar-refractivity contribution in [1.29, 1.82) is 0 Å². The Labute approximate surface area is 117 Å². The first-order valence-electron chi connectivity index (χ1n) is 6.27. The Morgan fingerprint density at radius 1 is 1.16 bits per heavy atom. The highest BCUT2D eigenvalue weighted by molar-refractivity contribution is 8.00. The van der Waals surface area contributed by atoms with Crippen molar-refractivity contribution in [3.63, 3.8) is 0 Å². The summed E-state index contributed by atoms with van der Waals surface area (Å²) in [5, 5.41) is 2.21. The SMILES string of the molecule is CC(C)C(Sc1ccc2ccccc2c1)C(=O)NN. The molecule has 0 aliphatic carbocycles. The van der Waals surface area contributed by atoms with Crippen LogP contribution in [-0.4, -0.2) is 11.2 Å². The van der Waals surface area contributed by atoms with Crippen molar-refractivity contribution in [2.24, 2.45) is 11.8 Å². The predicted octanol–water partition coefficient (Wildman–Crippen LogP) is 2.95. The van der Waals surface area contributed by atoms with Gasteiger partial charge in [-0.25, -0.2) is 5.84 Å². The average molecular weight is 274 g/mol. The van der Waals surface area contributed by atoms with E-state index in [4.69, 9.17) is 5.84 Å². The van der Waals surface area contributed by atoms with Gasteiger partial charge in [-0.15, -0.1) is 11.8 Å². The van der Waals surface area contributed by atoms with Gasteiger partial charge in [0.15, 0.2) is 0 Å². The molecule has 0 aromatic heterocycles. The molecular formula is C15H18N2OS. The number of carbonyl (C=O) groups excluding carboxylic acids is 1. The molecule has 0 heterocycles. The molecule has 0 aliphatic rings. The second-order valence-electron chi connectivity index (χ2n) is 4.80. The Morgan fingerprint density at radius 2 is 1.84 bits per heavy atom. The molecule has 2 aromatic rings. The minimum Gasteiger partial charge on any atom is -0.293 e. The van der Waals surface area contributed by atoms with E-state index in [2.05, 4.69) is 29.7 Å². The van der Waals surface area contributed by atoms with Crippen LogP contribution in [0, 0.1) is 5.92 Å². The molecule has 19 heavy (non-hydrogen) atoms. The van der Waals surface area contributed by atoms with Gasteiger partial charge in [0, 0.05) is 4.90 Å². The van der Waals surface area contributed by atoms with Crippen LogP contribution in [0.3, 0.4) is 0 Å². The Morgan fingerprint density at radius 3 is 2.47 bits per heavy atom. The Hall–Kier alpha value is -1.52. The van der Waals surface area contributed by atoms with Gasteiger partial charge in [-0.2, -0.15) is 0 Å². The molecule has 0 radical (unpaired) electrons.